The van der Waals surface area contributed by atoms with Gasteiger partial charge in [-0.3, -0.25) is 15.4 Å². The molecule has 1 N–H and O–H groups in total. The van der Waals surface area contributed by atoms with Gasteiger partial charge in [-0.2, -0.15) is 4.39 Å². The molecule has 1 amide bonds. The average Bonchev–Trinajstić information content (AvgIpc) is 3.49. The number of thiophene rings is 1. The van der Waals surface area contributed by atoms with Gasteiger partial charge in [-0.05, 0) is 61.2 Å². The molecule has 41 heavy (non-hydrogen) atoms. The quantitative estimate of drug-likeness (QED) is 0.0710. The van der Waals surface area contributed by atoms with E-state index in [2.05, 4.69) is 31.2 Å². The van der Waals surface area contributed by atoms with Crippen LogP contribution in [0.2, 0.25) is 0 Å². The Morgan fingerprint density at radius 3 is 2.73 bits per heavy atom. The van der Waals surface area contributed by atoms with Crippen LogP contribution >= 0.6 is 39.0 Å². The third kappa shape index (κ3) is 6.77. The normalized spacial score (nSPS) is 12.2. The lowest BCUT2D eigenvalue weighted by Gasteiger charge is -2.18. The number of benzene rings is 2. The predicted octanol–water partition coefficient (Wildman–Crippen LogP) is 6.70. The molecule has 4 aromatic rings. The molecule has 0 fully saturated rings. The highest BCUT2D eigenvalue weighted by Crippen LogP contribution is 2.41. The first-order valence-electron chi connectivity index (χ1n) is 11.7. The number of imidazole rings is 1. The molecule has 0 unspecified atom stereocenters. The Bertz CT molecular complexity index is 1800. The minimum atomic E-state index is -4.06. The van der Waals surface area contributed by atoms with Crippen molar-refractivity contribution in [1.82, 2.24) is 14.9 Å². The molecule has 0 bridgehead atoms. The van der Waals surface area contributed by atoms with Crippen molar-refractivity contribution in [2.45, 2.75) is 46.9 Å². The molecule has 0 aliphatic heterocycles. The van der Waals surface area contributed by atoms with Gasteiger partial charge in [0, 0.05) is 16.1 Å². The van der Waals surface area contributed by atoms with Crippen LogP contribution < -0.4 is 5.32 Å². The van der Waals surface area contributed by atoms with Gasteiger partial charge in [0.1, 0.15) is 16.1 Å². The molecule has 2 aromatic carbocycles. The highest BCUT2D eigenvalue weighted by molar-refractivity contribution is 9.10. The number of thioether (sulfide) groups is 1. The van der Waals surface area contributed by atoms with Crippen molar-refractivity contribution in [3.63, 3.8) is 0 Å². The molecule has 2 heterocycles. The van der Waals surface area contributed by atoms with Gasteiger partial charge in [0.05, 0.1) is 43.7 Å². The monoisotopic (exact) mass is 683 g/mol. The number of nitro benzene ring substituents is 1. The van der Waals surface area contributed by atoms with Crippen LogP contribution in [-0.2, 0) is 21.1 Å². The Balaban J connectivity index is 1.68. The molecule has 216 valence electrons. The van der Waals surface area contributed by atoms with Gasteiger partial charge in [0.15, 0.2) is 0 Å². The molecule has 0 atom stereocenters. The highest BCUT2D eigenvalue weighted by atomic mass is 79.9. The zero-order valence-corrected chi connectivity index (χ0v) is 26.1. The van der Waals surface area contributed by atoms with Crippen LogP contribution in [0.15, 0.2) is 66.2 Å². The van der Waals surface area contributed by atoms with Gasteiger partial charge in [-0.25, -0.2) is 23.2 Å². The van der Waals surface area contributed by atoms with Gasteiger partial charge in [0.25, 0.3) is 0 Å². The summed E-state index contributed by atoms with van der Waals surface area (Å²) in [7, 11) is -4.06. The first-order valence-corrected chi connectivity index (χ1v) is 16.0. The van der Waals surface area contributed by atoms with E-state index in [1.807, 2.05) is 0 Å². The maximum absolute atomic E-state index is 14.8. The van der Waals surface area contributed by atoms with E-state index in [4.69, 9.17) is 4.74 Å². The van der Waals surface area contributed by atoms with E-state index in [1.165, 1.54) is 53.0 Å². The molecule has 11 nitrogen and oxygen atoms in total. The fourth-order valence-electron chi connectivity index (χ4n) is 3.71. The van der Waals surface area contributed by atoms with E-state index < -0.39 is 38.0 Å². The summed E-state index contributed by atoms with van der Waals surface area (Å²) in [4.78, 5) is 30.7. The minimum absolute atomic E-state index is 0.0291. The largest absolute Gasteiger partial charge is 0.444 e. The number of nitrogens with one attached hydrogen (secondary N) is 1. The van der Waals surface area contributed by atoms with Crippen molar-refractivity contribution < 1.29 is 27.3 Å². The van der Waals surface area contributed by atoms with Crippen LogP contribution in [0.4, 0.5) is 19.9 Å². The van der Waals surface area contributed by atoms with E-state index in [1.54, 1.807) is 27.0 Å². The molecule has 16 heteroatoms. The number of hydrogen-bond acceptors (Lipinski definition) is 10. The van der Waals surface area contributed by atoms with Crippen LogP contribution in [0, 0.1) is 15.9 Å². The fourth-order valence-corrected chi connectivity index (χ4v) is 8.29. The lowest BCUT2D eigenvalue weighted by atomic mass is 10.2. The summed E-state index contributed by atoms with van der Waals surface area (Å²) >= 11 is 5.75. The molecule has 0 saturated heterocycles. The number of halogens is 2. The summed E-state index contributed by atoms with van der Waals surface area (Å²) in [5, 5.41) is 13.9. The summed E-state index contributed by atoms with van der Waals surface area (Å²) in [6, 6.07) is 8.13. The van der Waals surface area contributed by atoms with Crippen molar-refractivity contribution in [1.29, 1.82) is 0 Å². The van der Waals surface area contributed by atoms with Gasteiger partial charge in [-0.15, -0.1) is 23.1 Å². The number of alkyl carbamates (subject to hydrolysis) is 1. The van der Waals surface area contributed by atoms with Crippen LogP contribution in [-0.4, -0.2) is 47.2 Å². The zero-order chi connectivity index (χ0) is 30.1. The van der Waals surface area contributed by atoms with Crippen molar-refractivity contribution in [2.75, 3.05) is 6.26 Å². The Morgan fingerprint density at radius 2 is 2.07 bits per heavy atom. The fraction of sp³-hybridized carbons (Fsp3) is 0.240. The maximum Gasteiger partial charge on any atom is 0.412 e. The number of fused-ring (bicyclic) bond motifs is 1. The van der Waals surface area contributed by atoms with Crippen LogP contribution in [0.25, 0.3) is 11.0 Å². The van der Waals surface area contributed by atoms with Crippen LogP contribution in [0.3, 0.4) is 0 Å². The number of amides is 1. The smallest absolute Gasteiger partial charge is 0.412 e. The Morgan fingerprint density at radius 1 is 1.34 bits per heavy atom. The number of sulfone groups is 1. The Labute approximate surface area is 251 Å². The second-order valence-corrected chi connectivity index (χ2v) is 14.4. The molecular weight excluding hydrogens is 661 g/mol. The summed E-state index contributed by atoms with van der Waals surface area (Å²) in [5.41, 5.74) is -0.481. The molecule has 0 radical (unpaired) electrons. The number of nitro groups is 1. The second kappa shape index (κ2) is 11.9. The Kier molecular flexibility index (Phi) is 8.87. The third-order valence-electron chi connectivity index (χ3n) is 5.46. The number of carbonyl (C=O) groups excluding carboxylic acids is 1. The SMILES string of the molecule is CSc1sc(/N=C/NC(=O)OC(C)(C)C)cc1S(=O)(=O)c1cc(Br)c2ncn(Cc3cccc([N+](=O)[O-])c3F)c2c1. The Hall–Kier alpha value is -3.34. The van der Waals surface area contributed by atoms with E-state index in [-0.39, 0.29) is 21.9 Å². The lowest BCUT2D eigenvalue weighted by molar-refractivity contribution is -0.387. The van der Waals surface area contributed by atoms with E-state index in [0.29, 0.717) is 24.7 Å². The van der Waals surface area contributed by atoms with Gasteiger partial charge < -0.3 is 9.30 Å². The van der Waals surface area contributed by atoms with Gasteiger partial charge in [-0.1, -0.05) is 12.1 Å². The summed E-state index contributed by atoms with van der Waals surface area (Å²) in [5.74, 6) is -0.973. The molecule has 0 aliphatic carbocycles. The number of nitrogens with zero attached hydrogens (tertiary/aromatic N) is 4. The number of carbonyl (C=O) groups is 1. The van der Waals surface area contributed by atoms with Gasteiger partial charge in [0.2, 0.25) is 15.7 Å². The topological polar surface area (TPSA) is 146 Å². The number of rotatable bonds is 8. The number of aliphatic imine (C=N–C) groups is 1. The van der Waals surface area contributed by atoms with E-state index >= 15 is 0 Å². The molecule has 0 saturated carbocycles. The number of ether oxygens (including phenoxy) is 1. The van der Waals surface area contributed by atoms with Crippen molar-refractivity contribution in [3.05, 3.63) is 68.7 Å². The van der Waals surface area contributed by atoms with Crippen molar-refractivity contribution in [2.24, 2.45) is 4.99 Å². The average molecular weight is 685 g/mol. The molecule has 4 rings (SSSR count). The molecule has 0 spiro atoms. The lowest BCUT2D eigenvalue weighted by Crippen LogP contribution is -2.31. The highest BCUT2D eigenvalue weighted by Gasteiger charge is 2.27. The second-order valence-electron chi connectivity index (χ2n) is 9.50. The molecule has 0 aliphatic rings. The first kappa shape index (κ1) is 30.6. The minimum Gasteiger partial charge on any atom is -0.444 e. The van der Waals surface area contributed by atoms with Crippen molar-refractivity contribution in [3.8, 4) is 0 Å². The summed E-state index contributed by atoms with van der Waals surface area (Å²) < 4.78 is 49.9. The predicted molar refractivity (Wildman–Crippen MR) is 159 cm³/mol. The molecular formula is C25H23BrFN5O6S3. The standard InChI is InChI=1S/C25H23BrFN5O6S3/c1-25(2,3)38-24(33)29-12-28-20-10-19(23(39-4)40-20)41(36,37)15-8-16(26)22-18(9-15)31(13-30-22)11-14-6-5-7-17(21(14)27)32(34)35/h5-10,12-13H,11H2,1-4H3,(H,28,29,33). The maximum atomic E-state index is 14.8. The number of aromatic nitrogens is 2. The first-order chi connectivity index (χ1) is 19.2. The summed E-state index contributed by atoms with van der Waals surface area (Å²) in [6.07, 6.45) is 3.58. The van der Waals surface area contributed by atoms with E-state index in [0.717, 1.165) is 23.7 Å². The van der Waals surface area contributed by atoms with E-state index in [9.17, 15) is 27.7 Å². The van der Waals surface area contributed by atoms with Crippen LogP contribution in [0.5, 0.6) is 0 Å². The third-order valence-corrected chi connectivity index (χ3v) is 10.3. The number of hydrogen-bond donors (Lipinski definition) is 1. The summed E-state index contributed by atoms with van der Waals surface area (Å²) in [6.45, 7) is 5.05. The van der Waals surface area contributed by atoms with Crippen molar-refractivity contribution >= 4 is 83.0 Å². The zero-order valence-electron chi connectivity index (χ0n) is 22.0. The molecule has 2 aromatic heterocycles. The van der Waals surface area contributed by atoms with Crippen LogP contribution in [0.1, 0.15) is 26.3 Å². The van der Waals surface area contributed by atoms with Gasteiger partial charge >= 0.3 is 11.8 Å².